The molecule has 0 radical (unpaired) electrons. The third-order valence-electron chi connectivity index (χ3n) is 4.07. The number of nitrogens with zero attached hydrogens (tertiary/aromatic N) is 2. The Balaban J connectivity index is 1.74. The molecule has 1 aromatic rings. The third-order valence-corrected chi connectivity index (χ3v) is 5.96. The van der Waals surface area contributed by atoms with Crippen LogP contribution in [0.1, 0.15) is 6.42 Å². The molecule has 24 heavy (non-hydrogen) atoms. The van der Waals surface area contributed by atoms with Gasteiger partial charge in [0.05, 0.1) is 24.7 Å². The van der Waals surface area contributed by atoms with Crippen LogP contribution in [-0.4, -0.2) is 69.5 Å². The summed E-state index contributed by atoms with van der Waals surface area (Å²) in [5.41, 5.74) is 5.17. The van der Waals surface area contributed by atoms with Crippen molar-refractivity contribution in [2.75, 3.05) is 45.9 Å². The maximum Gasteiger partial charge on any atom is 0.243 e. The quantitative estimate of drug-likeness (QED) is 0.791. The molecule has 0 unspecified atom stereocenters. The van der Waals surface area contributed by atoms with E-state index >= 15 is 0 Å². The lowest BCUT2D eigenvalue weighted by Crippen LogP contribution is -2.50. The lowest BCUT2D eigenvalue weighted by molar-refractivity contribution is -0.119. The Morgan fingerprint density at radius 3 is 2.42 bits per heavy atom. The summed E-state index contributed by atoms with van der Waals surface area (Å²) in [5, 5.41) is 0. The van der Waals surface area contributed by atoms with Crippen molar-refractivity contribution in [2.45, 2.75) is 11.3 Å². The zero-order valence-electron chi connectivity index (χ0n) is 13.3. The number of hydrogen-bond donors (Lipinski definition) is 1. The van der Waals surface area contributed by atoms with E-state index in [1.54, 1.807) is 12.1 Å². The monoisotopic (exact) mass is 355 g/mol. The lowest BCUT2D eigenvalue weighted by Gasteiger charge is -2.33. The smallest absolute Gasteiger partial charge is 0.243 e. The number of carbonyl (C=O) groups excluding carboxylic acids is 1. The molecule has 0 aromatic heterocycles. The maximum atomic E-state index is 12.8. The van der Waals surface area contributed by atoms with Gasteiger partial charge in [0.25, 0.3) is 0 Å². The summed E-state index contributed by atoms with van der Waals surface area (Å²) in [7, 11) is -3.60. The van der Waals surface area contributed by atoms with Gasteiger partial charge in [-0.15, -0.1) is 0 Å². The molecule has 2 aliphatic rings. The van der Waals surface area contributed by atoms with Gasteiger partial charge in [-0.25, -0.2) is 8.42 Å². The van der Waals surface area contributed by atoms with E-state index in [0.717, 1.165) is 6.42 Å². The summed E-state index contributed by atoms with van der Waals surface area (Å²) >= 11 is 0. The topological polar surface area (TPSA) is 102 Å². The molecule has 2 N–H and O–H groups in total. The van der Waals surface area contributed by atoms with Crippen LogP contribution in [0.4, 0.5) is 0 Å². The standard InChI is InChI=1S/C15H21N3O5S/c16-15(19)11-17-4-6-18(7-5-17)24(20,21)12-2-3-13-14(10-12)23-9-1-8-22-13/h2-3,10H,1,4-9,11H2,(H2,16,19). The predicted octanol–water partition coefficient (Wildman–Crippen LogP) is -0.360. The molecule has 0 atom stereocenters. The Labute approximate surface area is 141 Å². The minimum absolute atomic E-state index is 0.151. The zero-order chi connectivity index (χ0) is 17.2. The van der Waals surface area contributed by atoms with Crippen molar-refractivity contribution in [3.05, 3.63) is 18.2 Å². The van der Waals surface area contributed by atoms with Crippen LogP contribution in [0.15, 0.2) is 23.1 Å². The molecule has 1 amide bonds. The van der Waals surface area contributed by atoms with E-state index in [1.807, 2.05) is 4.90 Å². The maximum absolute atomic E-state index is 12.8. The largest absolute Gasteiger partial charge is 0.490 e. The molecule has 9 heteroatoms. The highest BCUT2D eigenvalue weighted by atomic mass is 32.2. The van der Waals surface area contributed by atoms with Gasteiger partial charge in [0.2, 0.25) is 15.9 Å². The van der Waals surface area contributed by atoms with Gasteiger partial charge in [-0.05, 0) is 12.1 Å². The van der Waals surface area contributed by atoms with E-state index in [0.29, 0.717) is 50.9 Å². The lowest BCUT2D eigenvalue weighted by atomic mass is 10.3. The second-order valence-electron chi connectivity index (χ2n) is 5.81. The molecule has 3 rings (SSSR count). The summed E-state index contributed by atoms with van der Waals surface area (Å²) in [5.74, 6) is 0.618. The van der Waals surface area contributed by atoms with Crippen LogP contribution >= 0.6 is 0 Å². The fourth-order valence-corrected chi connectivity index (χ4v) is 4.24. The van der Waals surface area contributed by atoms with Gasteiger partial charge in [-0.3, -0.25) is 9.69 Å². The van der Waals surface area contributed by atoms with Crippen LogP contribution in [0.25, 0.3) is 0 Å². The summed E-state index contributed by atoms with van der Waals surface area (Å²) in [6.07, 6.45) is 0.762. The molecule has 8 nitrogen and oxygen atoms in total. The number of sulfonamides is 1. The first-order valence-electron chi connectivity index (χ1n) is 7.87. The van der Waals surface area contributed by atoms with Gasteiger partial charge >= 0.3 is 0 Å². The summed E-state index contributed by atoms with van der Waals surface area (Å²) in [6.45, 7) is 2.81. The Morgan fingerprint density at radius 2 is 1.75 bits per heavy atom. The Bertz CT molecular complexity index is 714. The Morgan fingerprint density at radius 1 is 1.08 bits per heavy atom. The third kappa shape index (κ3) is 3.63. The molecule has 2 heterocycles. The first kappa shape index (κ1) is 17.0. The number of nitrogens with two attached hydrogens (primary N) is 1. The minimum Gasteiger partial charge on any atom is -0.490 e. The van der Waals surface area contributed by atoms with Crippen LogP contribution in [0.5, 0.6) is 11.5 Å². The fraction of sp³-hybridized carbons (Fsp3) is 0.533. The average Bonchev–Trinajstić information content (AvgIpc) is 2.79. The first-order chi connectivity index (χ1) is 11.5. The second kappa shape index (κ2) is 6.96. The number of ether oxygens (including phenoxy) is 2. The number of hydrogen-bond acceptors (Lipinski definition) is 6. The summed E-state index contributed by atoms with van der Waals surface area (Å²) in [4.78, 5) is 13.0. The van der Waals surface area contributed by atoms with E-state index in [4.69, 9.17) is 15.2 Å². The van der Waals surface area contributed by atoms with Crippen LogP contribution < -0.4 is 15.2 Å². The minimum atomic E-state index is -3.60. The SMILES string of the molecule is NC(=O)CN1CCN(S(=O)(=O)c2ccc3c(c2)OCCCO3)CC1. The van der Waals surface area contributed by atoms with Crippen molar-refractivity contribution < 1.29 is 22.7 Å². The molecule has 1 saturated heterocycles. The zero-order valence-corrected chi connectivity index (χ0v) is 14.1. The van der Waals surface area contributed by atoms with Gasteiger partial charge in [0, 0.05) is 38.7 Å². The molecule has 1 fully saturated rings. The molecule has 0 aliphatic carbocycles. The van der Waals surface area contributed by atoms with Gasteiger partial charge in [0.15, 0.2) is 11.5 Å². The Hall–Kier alpha value is -1.84. The highest BCUT2D eigenvalue weighted by Gasteiger charge is 2.29. The van der Waals surface area contributed by atoms with Crippen molar-refractivity contribution in [3.8, 4) is 11.5 Å². The predicted molar refractivity (Wildman–Crippen MR) is 86.4 cm³/mol. The van der Waals surface area contributed by atoms with Gasteiger partial charge in [-0.2, -0.15) is 4.31 Å². The molecule has 0 saturated carbocycles. The van der Waals surface area contributed by atoms with Gasteiger partial charge < -0.3 is 15.2 Å². The molecule has 2 aliphatic heterocycles. The van der Waals surface area contributed by atoms with Crippen molar-refractivity contribution >= 4 is 15.9 Å². The van der Waals surface area contributed by atoms with Crippen LogP contribution in [0.2, 0.25) is 0 Å². The van der Waals surface area contributed by atoms with Crippen molar-refractivity contribution in [1.29, 1.82) is 0 Å². The van der Waals surface area contributed by atoms with E-state index in [9.17, 15) is 13.2 Å². The number of piperazine rings is 1. The number of carbonyl (C=O) groups is 1. The van der Waals surface area contributed by atoms with Crippen LogP contribution in [0.3, 0.4) is 0 Å². The second-order valence-corrected chi connectivity index (χ2v) is 7.74. The van der Waals surface area contributed by atoms with Crippen LogP contribution in [-0.2, 0) is 14.8 Å². The molecular weight excluding hydrogens is 334 g/mol. The summed E-state index contributed by atoms with van der Waals surface area (Å²) in [6, 6.07) is 4.70. The van der Waals surface area contributed by atoms with Gasteiger partial charge in [0.1, 0.15) is 0 Å². The average molecular weight is 355 g/mol. The highest BCUT2D eigenvalue weighted by molar-refractivity contribution is 7.89. The van der Waals surface area contributed by atoms with Gasteiger partial charge in [-0.1, -0.05) is 0 Å². The fourth-order valence-electron chi connectivity index (χ4n) is 2.80. The Kier molecular flexibility index (Phi) is 4.93. The molecule has 0 bridgehead atoms. The summed E-state index contributed by atoms with van der Waals surface area (Å²) < 4.78 is 38.1. The highest BCUT2D eigenvalue weighted by Crippen LogP contribution is 2.33. The van der Waals surface area contributed by atoms with Crippen LogP contribution in [0, 0.1) is 0 Å². The van der Waals surface area contributed by atoms with Crippen molar-refractivity contribution in [3.63, 3.8) is 0 Å². The first-order valence-corrected chi connectivity index (χ1v) is 9.31. The number of amides is 1. The molecule has 132 valence electrons. The van der Waals surface area contributed by atoms with E-state index in [-0.39, 0.29) is 11.4 Å². The van der Waals surface area contributed by atoms with Crippen molar-refractivity contribution in [2.24, 2.45) is 5.73 Å². The molecule has 0 spiro atoms. The normalized spacial score (nSPS) is 19.7. The number of benzene rings is 1. The number of primary amides is 1. The van der Waals surface area contributed by atoms with Crippen molar-refractivity contribution in [1.82, 2.24) is 9.21 Å². The van der Waals surface area contributed by atoms with E-state index in [2.05, 4.69) is 0 Å². The van der Waals surface area contributed by atoms with E-state index < -0.39 is 15.9 Å². The number of fused-ring (bicyclic) bond motifs is 1. The molecular formula is C15H21N3O5S. The van der Waals surface area contributed by atoms with E-state index in [1.165, 1.54) is 10.4 Å². The molecule has 1 aromatic carbocycles. The number of rotatable bonds is 4.